The van der Waals surface area contributed by atoms with Gasteiger partial charge in [-0.2, -0.15) is 0 Å². The number of aryl methyl sites for hydroxylation is 1. The van der Waals surface area contributed by atoms with Crippen LogP contribution in [-0.2, 0) is 21.2 Å². The molecule has 138 valence electrons. The summed E-state index contributed by atoms with van der Waals surface area (Å²) >= 11 is 0. The lowest BCUT2D eigenvalue weighted by Gasteiger charge is -2.33. The van der Waals surface area contributed by atoms with Crippen LogP contribution in [0.4, 0.5) is 5.69 Å². The van der Waals surface area contributed by atoms with Crippen LogP contribution in [0.15, 0.2) is 54.6 Å². The van der Waals surface area contributed by atoms with E-state index in [2.05, 4.69) is 5.32 Å². The van der Waals surface area contributed by atoms with E-state index in [0.717, 1.165) is 19.1 Å². The third-order valence-electron chi connectivity index (χ3n) is 4.21. The molecule has 0 bridgehead atoms. The topological polar surface area (TPSA) is 75.7 Å². The van der Waals surface area contributed by atoms with Crippen molar-refractivity contribution in [2.75, 3.05) is 23.7 Å². The van der Waals surface area contributed by atoms with Crippen LogP contribution in [0.5, 0.6) is 5.75 Å². The molecule has 0 fully saturated rings. The zero-order chi connectivity index (χ0) is 18.6. The number of fused-ring (bicyclic) bond motifs is 1. The van der Waals surface area contributed by atoms with Crippen molar-refractivity contribution in [2.24, 2.45) is 0 Å². The molecule has 1 aliphatic rings. The largest absolute Gasteiger partial charge is 0.476 e. The molecule has 6 nitrogen and oxygen atoms in total. The molecule has 1 aliphatic heterocycles. The fourth-order valence-electron chi connectivity index (χ4n) is 2.92. The summed E-state index contributed by atoms with van der Waals surface area (Å²) in [4.78, 5) is 12.4. The summed E-state index contributed by atoms with van der Waals surface area (Å²) in [7, 11) is -3.49. The number of sulfonamides is 1. The summed E-state index contributed by atoms with van der Waals surface area (Å²) in [5.41, 5.74) is 1.68. The van der Waals surface area contributed by atoms with E-state index in [4.69, 9.17) is 4.74 Å². The van der Waals surface area contributed by atoms with Gasteiger partial charge in [-0.25, -0.2) is 8.42 Å². The minimum absolute atomic E-state index is 0.0274. The van der Waals surface area contributed by atoms with Crippen LogP contribution in [0.3, 0.4) is 0 Å². The van der Waals surface area contributed by atoms with E-state index in [-0.39, 0.29) is 12.5 Å². The Balaban J connectivity index is 1.60. The highest BCUT2D eigenvalue weighted by atomic mass is 32.2. The maximum atomic E-state index is 12.4. The summed E-state index contributed by atoms with van der Waals surface area (Å²) in [6.07, 6.45) is 1.93. The first-order chi connectivity index (χ1) is 12.4. The number of para-hydroxylation sites is 2. The second kappa shape index (κ2) is 7.78. The second-order valence-electron chi connectivity index (χ2n) is 6.25. The van der Waals surface area contributed by atoms with Crippen molar-refractivity contribution in [2.45, 2.75) is 18.9 Å². The number of nitrogens with one attached hydrogen (secondary N) is 1. The fraction of sp³-hybridized carbons (Fsp3) is 0.316. The van der Waals surface area contributed by atoms with Crippen molar-refractivity contribution in [3.63, 3.8) is 0 Å². The number of anilines is 1. The predicted molar refractivity (Wildman–Crippen MR) is 101 cm³/mol. The normalized spacial score (nSPS) is 16.5. The molecule has 0 saturated carbocycles. The van der Waals surface area contributed by atoms with E-state index in [1.54, 1.807) is 24.3 Å². The van der Waals surface area contributed by atoms with Crippen LogP contribution >= 0.6 is 0 Å². The third kappa shape index (κ3) is 4.35. The predicted octanol–water partition coefficient (Wildman–Crippen LogP) is 1.96. The van der Waals surface area contributed by atoms with Crippen molar-refractivity contribution in [3.8, 4) is 5.75 Å². The molecule has 1 amide bonds. The van der Waals surface area contributed by atoms with Crippen molar-refractivity contribution in [1.82, 2.24) is 5.32 Å². The molecule has 0 unspecified atom stereocenters. The van der Waals surface area contributed by atoms with Crippen molar-refractivity contribution < 1.29 is 17.9 Å². The van der Waals surface area contributed by atoms with Gasteiger partial charge in [0, 0.05) is 6.54 Å². The molecular formula is C19H22N2O4S. The Morgan fingerprint density at radius 3 is 2.58 bits per heavy atom. The number of benzene rings is 2. The van der Waals surface area contributed by atoms with E-state index >= 15 is 0 Å². The Labute approximate surface area is 153 Å². The van der Waals surface area contributed by atoms with E-state index in [1.807, 2.05) is 30.3 Å². The summed E-state index contributed by atoms with van der Waals surface area (Å²) in [5.74, 6) is 0.0924. The highest BCUT2D eigenvalue weighted by molar-refractivity contribution is 7.92. The second-order valence-corrected chi connectivity index (χ2v) is 8.16. The molecule has 3 rings (SSSR count). The Morgan fingerprint density at radius 1 is 1.15 bits per heavy atom. The Kier molecular flexibility index (Phi) is 5.46. The maximum Gasteiger partial charge on any atom is 0.263 e. The van der Waals surface area contributed by atoms with Gasteiger partial charge in [-0.3, -0.25) is 9.10 Å². The van der Waals surface area contributed by atoms with Crippen LogP contribution in [0.2, 0.25) is 0 Å². The van der Waals surface area contributed by atoms with Gasteiger partial charge in [-0.15, -0.1) is 0 Å². The first kappa shape index (κ1) is 18.3. The van der Waals surface area contributed by atoms with Gasteiger partial charge in [-0.05, 0) is 30.5 Å². The molecule has 1 N–H and O–H groups in total. The number of hydrogen-bond acceptors (Lipinski definition) is 4. The number of ether oxygens (including phenoxy) is 1. The van der Waals surface area contributed by atoms with Gasteiger partial charge in [0.1, 0.15) is 5.75 Å². The lowest BCUT2D eigenvalue weighted by atomic mass is 10.1. The molecule has 0 radical (unpaired) electrons. The number of nitrogens with zero attached hydrogens (tertiary/aromatic N) is 1. The third-order valence-corrected chi connectivity index (χ3v) is 5.36. The zero-order valence-electron chi connectivity index (χ0n) is 14.6. The zero-order valence-corrected chi connectivity index (χ0v) is 15.4. The van der Waals surface area contributed by atoms with Gasteiger partial charge in [-0.1, -0.05) is 42.5 Å². The smallest absolute Gasteiger partial charge is 0.263 e. The van der Waals surface area contributed by atoms with Gasteiger partial charge in [0.15, 0.2) is 6.10 Å². The summed E-state index contributed by atoms with van der Waals surface area (Å²) < 4.78 is 31.1. The molecule has 26 heavy (non-hydrogen) atoms. The molecule has 0 aliphatic carbocycles. The maximum absolute atomic E-state index is 12.4. The molecule has 7 heteroatoms. The number of amides is 1. The number of rotatable bonds is 6. The number of hydrogen-bond donors (Lipinski definition) is 1. The Bertz CT molecular complexity index is 868. The minimum atomic E-state index is -3.49. The minimum Gasteiger partial charge on any atom is -0.476 e. The monoisotopic (exact) mass is 374 g/mol. The Morgan fingerprint density at radius 2 is 1.85 bits per heavy atom. The van der Waals surface area contributed by atoms with Gasteiger partial charge in [0.25, 0.3) is 5.91 Å². The van der Waals surface area contributed by atoms with Crippen LogP contribution in [-0.4, -0.2) is 39.8 Å². The molecule has 0 spiro atoms. The summed E-state index contributed by atoms with van der Waals surface area (Å²) in [6.45, 7) is 0.481. The molecule has 1 atom stereocenters. The van der Waals surface area contributed by atoms with E-state index < -0.39 is 16.1 Å². The van der Waals surface area contributed by atoms with Gasteiger partial charge < -0.3 is 10.1 Å². The Hall–Kier alpha value is -2.54. The van der Waals surface area contributed by atoms with Crippen LogP contribution < -0.4 is 14.4 Å². The molecule has 0 aromatic heterocycles. The van der Waals surface area contributed by atoms with E-state index in [1.165, 1.54) is 9.87 Å². The van der Waals surface area contributed by atoms with Gasteiger partial charge in [0.2, 0.25) is 10.0 Å². The van der Waals surface area contributed by atoms with Gasteiger partial charge >= 0.3 is 0 Å². The SMILES string of the molecule is CS(=O)(=O)N1C[C@@H](C(=O)NCCCc2ccccc2)Oc2ccccc21. The van der Waals surface area contributed by atoms with Crippen molar-refractivity contribution in [1.29, 1.82) is 0 Å². The molecular weight excluding hydrogens is 352 g/mol. The van der Waals surface area contributed by atoms with Crippen LogP contribution in [0.25, 0.3) is 0 Å². The van der Waals surface area contributed by atoms with Crippen LogP contribution in [0, 0.1) is 0 Å². The average molecular weight is 374 g/mol. The summed E-state index contributed by atoms with van der Waals surface area (Å²) in [6, 6.07) is 16.9. The van der Waals surface area contributed by atoms with Gasteiger partial charge in [0.05, 0.1) is 18.5 Å². The summed E-state index contributed by atoms with van der Waals surface area (Å²) in [5, 5.41) is 2.84. The highest BCUT2D eigenvalue weighted by Gasteiger charge is 2.34. The van der Waals surface area contributed by atoms with Crippen molar-refractivity contribution >= 4 is 21.6 Å². The number of carbonyl (C=O) groups excluding carboxylic acids is 1. The molecule has 2 aromatic carbocycles. The van der Waals surface area contributed by atoms with E-state index in [9.17, 15) is 13.2 Å². The molecule has 0 saturated heterocycles. The lowest BCUT2D eigenvalue weighted by molar-refractivity contribution is -0.127. The number of carbonyl (C=O) groups is 1. The molecule has 1 heterocycles. The average Bonchev–Trinajstić information content (AvgIpc) is 2.64. The first-order valence-corrected chi connectivity index (χ1v) is 10.3. The van der Waals surface area contributed by atoms with Crippen molar-refractivity contribution in [3.05, 3.63) is 60.2 Å². The van der Waals surface area contributed by atoms with E-state index in [0.29, 0.717) is 18.0 Å². The standard InChI is InChI=1S/C19H22N2O4S/c1-26(23,24)21-14-18(25-17-12-6-5-11-16(17)21)19(22)20-13-7-10-15-8-3-2-4-9-15/h2-6,8-9,11-12,18H,7,10,13-14H2,1H3,(H,20,22)/t18-/m0/s1. The first-order valence-electron chi connectivity index (χ1n) is 8.50. The quantitative estimate of drug-likeness (QED) is 0.785. The lowest BCUT2D eigenvalue weighted by Crippen LogP contribution is -2.50. The highest BCUT2D eigenvalue weighted by Crippen LogP contribution is 2.34. The fourth-order valence-corrected chi connectivity index (χ4v) is 3.83. The molecule has 2 aromatic rings. The van der Waals surface area contributed by atoms with Crippen LogP contribution in [0.1, 0.15) is 12.0 Å².